The molecule has 1 saturated carbocycles. The van der Waals surface area contributed by atoms with E-state index in [9.17, 15) is 4.39 Å². The summed E-state index contributed by atoms with van der Waals surface area (Å²) >= 11 is 0. The Labute approximate surface area is 70.0 Å². The molecule has 11 heavy (non-hydrogen) atoms. The van der Waals surface area contributed by atoms with Gasteiger partial charge in [-0.1, -0.05) is 32.1 Å². The summed E-state index contributed by atoms with van der Waals surface area (Å²) in [4.78, 5) is 0. The van der Waals surface area contributed by atoms with Crippen molar-refractivity contribution in [3.63, 3.8) is 0 Å². The van der Waals surface area contributed by atoms with Gasteiger partial charge in [0.05, 0.1) is 6.07 Å². The van der Waals surface area contributed by atoms with E-state index in [1.54, 1.807) is 0 Å². The summed E-state index contributed by atoms with van der Waals surface area (Å²) in [5.74, 6) is 0.148. The SMILES string of the molecule is [B]C(F)C1CCCCCCC1. The molecule has 0 saturated heterocycles. The second kappa shape index (κ2) is 4.79. The van der Waals surface area contributed by atoms with Gasteiger partial charge in [0.15, 0.2) is 0 Å². The molecule has 0 aromatic carbocycles. The van der Waals surface area contributed by atoms with Gasteiger partial charge in [0, 0.05) is 0 Å². The highest BCUT2D eigenvalue weighted by Gasteiger charge is 2.16. The first-order valence-electron chi connectivity index (χ1n) is 4.70. The van der Waals surface area contributed by atoms with Crippen molar-refractivity contribution >= 4 is 7.85 Å². The first-order valence-corrected chi connectivity index (χ1v) is 4.70. The van der Waals surface area contributed by atoms with Crippen molar-refractivity contribution in [3.8, 4) is 0 Å². The molecule has 0 aliphatic heterocycles. The zero-order valence-electron chi connectivity index (χ0n) is 7.06. The van der Waals surface area contributed by atoms with Crippen LogP contribution in [0.2, 0.25) is 0 Å². The third-order valence-electron chi connectivity index (χ3n) is 2.60. The Balaban J connectivity index is 2.26. The minimum Gasteiger partial charge on any atom is -0.258 e. The molecule has 0 aromatic rings. The lowest BCUT2D eigenvalue weighted by Crippen LogP contribution is -2.17. The Hall–Kier alpha value is -0.00506. The molecular weight excluding hydrogens is 138 g/mol. The van der Waals surface area contributed by atoms with Gasteiger partial charge in [0.1, 0.15) is 7.85 Å². The van der Waals surface area contributed by atoms with Gasteiger partial charge in [-0.25, -0.2) is 0 Å². The summed E-state index contributed by atoms with van der Waals surface area (Å²) < 4.78 is 12.7. The molecule has 62 valence electrons. The standard InChI is InChI=1S/C9H16BF/c10-9(11)8-6-4-2-1-3-5-7-8/h8-9H,1-7H2. The second-order valence-corrected chi connectivity index (χ2v) is 3.55. The first kappa shape index (κ1) is 9.09. The molecular formula is C9H16BF. The Morgan fingerprint density at radius 1 is 1.00 bits per heavy atom. The van der Waals surface area contributed by atoms with Crippen LogP contribution >= 0.6 is 0 Å². The van der Waals surface area contributed by atoms with E-state index in [0.29, 0.717) is 0 Å². The topological polar surface area (TPSA) is 0 Å². The average Bonchev–Trinajstić information content (AvgIpc) is 1.84. The smallest absolute Gasteiger partial charge is 0.116 e. The van der Waals surface area contributed by atoms with Crippen LogP contribution in [0.4, 0.5) is 4.39 Å². The molecule has 0 amide bonds. The quantitative estimate of drug-likeness (QED) is 0.509. The molecule has 0 spiro atoms. The van der Waals surface area contributed by atoms with Crippen molar-refractivity contribution in [2.24, 2.45) is 5.92 Å². The largest absolute Gasteiger partial charge is 0.258 e. The molecule has 0 heterocycles. The van der Waals surface area contributed by atoms with E-state index in [-0.39, 0.29) is 5.92 Å². The van der Waals surface area contributed by atoms with Gasteiger partial charge in [-0.3, -0.25) is 4.39 Å². The summed E-state index contributed by atoms with van der Waals surface area (Å²) in [6.07, 6.45) is 7.12. The lowest BCUT2D eigenvalue weighted by Gasteiger charge is -2.20. The zero-order valence-corrected chi connectivity index (χ0v) is 7.06. The van der Waals surface area contributed by atoms with E-state index in [2.05, 4.69) is 0 Å². The van der Waals surface area contributed by atoms with E-state index >= 15 is 0 Å². The minimum atomic E-state index is -1.08. The second-order valence-electron chi connectivity index (χ2n) is 3.55. The number of halogens is 1. The van der Waals surface area contributed by atoms with Gasteiger partial charge in [0.2, 0.25) is 0 Å². The highest BCUT2D eigenvalue weighted by Crippen LogP contribution is 2.24. The molecule has 1 fully saturated rings. The Morgan fingerprint density at radius 3 is 1.91 bits per heavy atom. The van der Waals surface area contributed by atoms with Crippen LogP contribution < -0.4 is 0 Å². The molecule has 1 atom stereocenters. The highest BCUT2D eigenvalue weighted by atomic mass is 19.1. The van der Waals surface area contributed by atoms with Gasteiger partial charge < -0.3 is 0 Å². The summed E-state index contributed by atoms with van der Waals surface area (Å²) in [6, 6.07) is 0. The van der Waals surface area contributed by atoms with Crippen LogP contribution in [0.25, 0.3) is 0 Å². The maximum atomic E-state index is 12.7. The van der Waals surface area contributed by atoms with Crippen LogP contribution in [-0.2, 0) is 0 Å². The summed E-state index contributed by atoms with van der Waals surface area (Å²) in [5.41, 5.74) is 0. The van der Waals surface area contributed by atoms with Gasteiger partial charge >= 0.3 is 0 Å². The van der Waals surface area contributed by atoms with Crippen molar-refractivity contribution in [3.05, 3.63) is 0 Å². The van der Waals surface area contributed by atoms with Crippen LogP contribution in [0, 0.1) is 5.92 Å². The van der Waals surface area contributed by atoms with E-state index in [1.165, 1.54) is 32.1 Å². The number of hydrogen-bond acceptors (Lipinski definition) is 0. The zero-order chi connectivity index (χ0) is 8.10. The Kier molecular flexibility index (Phi) is 3.96. The van der Waals surface area contributed by atoms with E-state index < -0.39 is 6.07 Å². The van der Waals surface area contributed by atoms with Gasteiger partial charge in [-0.05, 0) is 18.8 Å². The van der Waals surface area contributed by atoms with Gasteiger partial charge in [0.25, 0.3) is 0 Å². The van der Waals surface area contributed by atoms with E-state index in [0.717, 1.165) is 12.8 Å². The van der Waals surface area contributed by atoms with Crippen molar-refractivity contribution in [1.82, 2.24) is 0 Å². The predicted octanol–water partition coefficient (Wildman–Crippen LogP) is 2.81. The highest BCUT2D eigenvalue weighted by molar-refractivity contribution is 6.11. The number of hydrogen-bond donors (Lipinski definition) is 0. The average molecular weight is 154 g/mol. The normalized spacial score (nSPS) is 25.5. The number of alkyl halides is 1. The number of rotatable bonds is 1. The summed E-state index contributed by atoms with van der Waals surface area (Å²) in [6.45, 7) is 0. The van der Waals surface area contributed by atoms with Crippen LogP contribution in [0.3, 0.4) is 0 Å². The molecule has 2 heteroatoms. The van der Waals surface area contributed by atoms with Crippen molar-refractivity contribution in [2.75, 3.05) is 0 Å². The third kappa shape index (κ3) is 3.26. The molecule has 0 nitrogen and oxygen atoms in total. The van der Waals surface area contributed by atoms with E-state index in [1.807, 2.05) is 0 Å². The van der Waals surface area contributed by atoms with Crippen LogP contribution in [-0.4, -0.2) is 13.9 Å². The summed E-state index contributed by atoms with van der Waals surface area (Å²) in [5, 5.41) is 0. The lowest BCUT2D eigenvalue weighted by atomic mass is 9.80. The molecule has 0 N–H and O–H groups in total. The minimum absolute atomic E-state index is 0.148. The maximum absolute atomic E-state index is 12.7. The molecule has 1 unspecified atom stereocenters. The monoisotopic (exact) mass is 154 g/mol. The molecule has 2 radical (unpaired) electrons. The Morgan fingerprint density at radius 2 is 1.45 bits per heavy atom. The van der Waals surface area contributed by atoms with Gasteiger partial charge in [-0.2, -0.15) is 0 Å². The molecule has 0 bridgehead atoms. The van der Waals surface area contributed by atoms with Crippen LogP contribution in [0.15, 0.2) is 0 Å². The summed E-state index contributed by atoms with van der Waals surface area (Å²) in [7, 11) is 5.22. The molecule has 1 aliphatic rings. The fourth-order valence-corrected chi connectivity index (χ4v) is 1.81. The van der Waals surface area contributed by atoms with Gasteiger partial charge in [-0.15, -0.1) is 0 Å². The fourth-order valence-electron chi connectivity index (χ4n) is 1.81. The molecule has 0 aromatic heterocycles. The first-order chi connectivity index (χ1) is 5.30. The maximum Gasteiger partial charge on any atom is 0.116 e. The molecule has 1 rings (SSSR count). The predicted molar refractivity (Wildman–Crippen MR) is 46.5 cm³/mol. The van der Waals surface area contributed by atoms with Crippen molar-refractivity contribution in [1.29, 1.82) is 0 Å². The van der Waals surface area contributed by atoms with Crippen LogP contribution in [0.1, 0.15) is 44.9 Å². The fraction of sp³-hybridized carbons (Fsp3) is 1.00. The third-order valence-corrected chi connectivity index (χ3v) is 2.60. The Bertz CT molecular complexity index is 95.7. The van der Waals surface area contributed by atoms with Crippen LogP contribution in [0.5, 0.6) is 0 Å². The van der Waals surface area contributed by atoms with E-state index in [4.69, 9.17) is 7.85 Å². The molecule has 1 aliphatic carbocycles. The van der Waals surface area contributed by atoms with Crippen molar-refractivity contribution < 1.29 is 4.39 Å². The lowest BCUT2D eigenvalue weighted by molar-refractivity contribution is 0.262. The van der Waals surface area contributed by atoms with Crippen molar-refractivity contribution in [2.45, 2.75) is 51.0 Å².